The molecule has 0 amide bonds. The van der Waals surface area contributed by atoms with E-state index in [1.807, 2.05) is 0 Å². The fraction of sp³-hybridized carbons (Fsp3) is 0.312. The van der Waals surface area contributed by atoms with Gasteiger partial charge in [0.15, 0.2) is 0 Å². The first-order valence-corrected chi connectivity index (χ1v) is 7.76. The third-order valence-corrected chi connectivity index (χ3v) is 4.38. The second-order valence-electron chi connectivity index (χ2n) is 6.11. The van der Waals surface area contributed by atoms with Crippen LogP contribution < -0.4 is 11.3 Å². The van der Waals surface area contributed by atoms with Crippen molar-refractivity contribution in [1.82, 2.24) is 19.7 Å². The van der Waals surface area contributed by atoms with Crippen molar-refractivity contribution in [3.63, 3.8) is 0 Å². The highest BCUT2D eigenvalue weighted by molar-refractivity contribution is 5.82. The van der Waals surface area contributed by atoms with E-state index in [9.17, 15) is 18.0 Å². The Labute approximate surface area is 139 Å². The van der Waals surface area contributed by atoms with E-state index in [-0.39, 0.29) is 23.1 Å². The standard InChI is InChI=1S/C16H14F3N5O/c17-16(18,19)9-2-1-3-10-12(9)15(25)24(11-6-7-21-23-11)14(22-10)13(20)8-4-5-8/h1-3,6-8,13H,4-5,20H2,(H,21,23)/t13-/m0/s1. The zero-order valence-electron chi connectivity index (χ0n) is 12.9. The van der Waals surface area contributed by atoms with E-state index in [0.29, 0.717) is 0 Å². The summed E-state index contributed by atoms with van der Waals surface area (Å²) < 4.78 is 41.2. The lowest BCUT2D eigenvalue weighted by molar-refractivity contribution is -0.136. The number of rotatable bonds is 3. The van der Waals surface area contributed by atoms with Crippen molar-refractivity contribution in [3.05, 3.63) is 52.2 Å². The molecule has 3 aromatic rings. The molecule has 0 aliphatic heterocycles. The molecule has 1 aliphatic rings. The van der Waals surface area contributed by atoms with Gasteiger partial charge in [0.1, 0.15) is 11.6 Å². The summed E-state index contributed by atoms with van der Waals surface area (Å²) >= 11 is 0. The fourth-order valence-electron chi connectivity index (χ4n) is 2.98. The Kier molecular flexibility index (Phi) is 3.43. The monoisotopic (exact) mass is 349 g/mol. The molecule has 2 aromatic heterocycles. The minimum absolute atomic E-state index is 0.0123. The third kappa shape index (κ3) is 2.60. The van der Waals surface area contributed by atoms with Gasteiger partial charge in [0.05, 0.1) is 28.7 Å². The second kappa shape index (κ2) is 5.41. The van der Waals surface area contributed by atoms with Gasteiger partial charge in [0.2, 0.25) is 0 Å². The van der Waals surface area contributed by atoms with Crippen LogP contribution >= 0.6 is 0 Å². The summed E-state index contributed by atoms with van der Waals surface area (Å²) in [5.74, 6) is 0.648. The summed E-state index contributed by atoms with van der Waals surface area (Å²) in [6, 6.07) is 4.48. The summed E-state index contributed by atoms with van der Waals surface area (Å²) in [6.45, 7) is 0. The van der Waals surface area contributed by atoms with Crippen LogP contribution in [-0.4, -0.2) is 19.7 Å². The van der Waals surface area contributed by atoms with Gasteiger partial charge in [-0.3, -0.25) is 9.89 Å². The molecule has 0 unspecified atom stereocenters. The van der Waals surface area contributed by atoms with E-state index in [1.54, 1.807) is 0 Å². The Morgan fingerprint density at radius 2 is 2.04 bits per heavy atom. The smallest absolute Gasteiger partial charge is 0.321 e. The van der Waals surface area contributed by atoms with Gasteiger partial charge in [-0.15, -0.1) is 0 Å². The van der Waals surface area contributed by atoms with E-state index in [0.717, 1.165) is 23.5 Å². The summed E-state index contributed by atoms with van der Waals surface area (Å²) in [5.41, 5.74) is 4.38. The van der Waals surface area contributed by atoms with Gasteiger partial charge in [-0.1, -0.05) is 6.07 Å². The molecule has 25 heavy (non-hydrogen) atoms. The van der Waals surface area contributed by atoms with Crippen LogP contribution in [0.25, 0.3) is 16.7 Å². The van der Waals surface area contributed by atoms with Crippen molar-refractivity contribution in [1.29, 1.82) is 0 Å². The van der Waals surface area contributed by atoms with Gasteiger partial charge in [0.25, 0.3) is 5.56 Å². The number of halogens is 3. The van der Waals surface area contributed by atoms with Crippen molar-refractivity contribution in [2.75, 3.05) is 0 Å². The number of benzene rings is 1. The maximum Gasteiger partial charge on any atom is 0.417 e. The molecule has 1 saturated carbocycles. The minimum Gasteiger partial charge on any atom is -0.321 e. The van der Waals surface area contributed by atoms with Gasteiger partial charge in [-0.2, -0.15) is 18.3 Å². The predicted octanol–water partition coefficient (Wildman–Crippen LogP) is 2.54. The van der Waals surface area contributed by atoms with Crippen molar-refractivity contribution in [2.45, 2.75) is 25.1 Å². The first kappa shape index (κ1) is 15.8. The number of nitrogens with two attached hydrogens (primary N) is 1. The van der Waals surface area contributed by atoms with Gasteiger partial charge in [-0.25, -0.2) is 9.55 Å². The van der Waals surface area contributed by atoms with Crippen molar-refractivity contribution in [3.8, 4) is 5.82 Å². The molecule has 2 heterocycles. The molecule has 1 aliphatic carbocycles. The number of hydrogen-bond donors (Lipinski definition) is 2. The highest BCUT2D eigenvalue weighted by atomic mass is 19.4. The Balaban J connectivity index is 2.09. The average Bonchev–Trinajstić information content (AvgIpc) is 3.28. The van der Waals surface area contributed by atoms with Crippen LogP contribution in [0.1, 0.15) is 30.3 Å². The fourth-order valence-corrected chi connectivity index (χ4v) is 2.98. The van der Waals surface area contributed by atoms with E-state index in [1.165, 1.54) is 24.4 Å². The minimum atomic E-state index is -4.66. The van der Waals surface area contributed by atoms with Crippen LogP contribution in [0, 0.1) is 5.92 Å². The molecule has 3 N–H and O–H groups in total. The van der Waals surface area contributed by atoms with Crippen molar-refractivity contribution >= 4 is 10.9 Å². The third-order valence-electron chi connectivity index (χ3n) is 4.38. The molecule has 0 radical (unpaired) electrons. The molecule has 0 saturated heterocycles. The highest BCUT2D eigenvalue weighted by Crippen LogP contribution is 2.39. The van der Waals surface area contributed by atoms with Crippen LogP contribution in [0.5, 0.6) is 0 Å². The number of aromatic amines is 1. The van der Waals surface area contributed by atoms with Crippen LogP contribution in [0.2, 0.25) is 0 Å². The first-order chi connectivity index (χ1) is 11.9. The lowest BCUT2D eigenvalue weighted by Crippen LogP contribution is -2.30. The molecule has 9 heteroatoms. The van der Waals surface area contributed by atoms with Crippen LogP contribution in [0.3, 0.4) is 0 Å². The van der Waals surface area contributed by atoms with Crippen molar-refractivity contribution < 1.29 is 13.2 Å². The molecule has 130 valence electrons. The summed E-state index contributed by atoms with van der Waals surface area (Å²) in [7, 11) is 0. The number of hydrogen-bond acceptors (Lipinski definition) is 4. The second-order valence-corrected chi connectivity index (χ2v) is 6.11. The maximum atomic E-state index is 13.3. The molecule has 0 bridgehead atoms. The largest absolute Gasteiger partial charge is 0.417 e. The van der Waals surface area contributed by atoms with E-state index in [2.05, 4.69) is 15.2 Å². The van der Waals surface area contributed by atoms with E-state index in [4.69, 9.17) is 5.73 Å². The molecule has 1 fully saturated rings. The topological polar surface area (TPSA) is 89.6 Å². The molecule has 0 spiro atoms. The Morgan fingerprint density at radius 1 is 1.28 bits per heavy atom. The molecule has 4 rings (SSSR count). The summed E-state index contributed by atoms with van der Waals surface area (Å²) in [5, 5.41) is 5.91. The van der Waals surface area contributed by atoms with Gasteiger partial charge in [0, 0.05) is 6.07 Å². The van der Waals surface area contributed by atoms with E-state index < -0.39 is 28.7 Å². The molecule has 1 aromatic carbocycles. The number of fused-ring (bicyclic) bond motifs is 1. The van der Waals surface area contributed by atoms with Crippen LogP contribution in [-0.2, 0) is 6.18 Å². The van der Waals surface area contributed by atoms with Crippen LogP contribution in [0.4, 0.5) is 13.2 Å². The quantitative estimate of drug-likeness (QED) is 0.760. The molecule has 6 nitrogen and oxygen atoms in total. The molecular weight excluding hydrogens is 335 g/mol. The Hall–Kier alpha value is -2.68. The van der Waals surface area contributed by atoms with Gasteiger partial charge in [-0.05, 0) is 30.9 Å². The normalized spacial score (nSPS) is 16.3. The number of alkyl halides is 3. The molecule has 1 atom stereocenters. The Bertz CT molecular complexity index is 989. The SMILES string of the molecule is N[C@H](c1nc2cccc(C(F)(F)F)c2c(=O)n1-c1ccn[nH]1)C1CC1. The summed E-state index contributed by atoms with van der Waals surface area (Å²) in [4.78, 5) is 17.3. The number of H-pyrrole nitrogens is 1. The lowest BCUT2D eigenvalue weighted by Gasteiger charge is -2.18. The van der Waals surface area contributed by atoms with Gasteiger partial charge < -0.3 is 5.73 Å². The number of aromatic nitrogens is 4. The predicted molar refractivity (Wildman–Crippen MR) is 84.1 cm³/mol. The van der Waals surface area contributed by atoms with Crippen molar-refractivity contribution in [2.24, 2.45) is 11.7 Å². The average molecular weight is 349 g/mol. The highest BCUT2D eigenvalue weighted by Gasteiger charge is 2.37. The maximum absolute atomic E-state index is 13.3. The lowest BCUT2D eigenvalue weighted by atomic mass is 10.1. The summed E-state index contributed by atoms with van der Waals surface area (Å²) in [6.07, 6.45) is -1.44. The Morgan fingerprint density at radius 3 is 2.64 bits per heavy atom. The van der Waals surface area contributed by atoms with Crippen LogP contribution in [0.15, 0.2) is 35.3 Å². The number of nitrogens with zero attached hydrogens (tertiary/aromatic N) is 3. The van der Waals surface area contributed by atoms with Gasteiger partial charge >= 0.3 is 6.18 Å². The molecular formula is C16H14F3N5O. The zero-order chi connectivity index (χ0) is 17.8. The number of nitrogens with one attached hydrogen (secondary N) is 1. The zero-order valence-corrected chi connectivity index (χ0v) is 12.9. The van der Waals surface area contributed by atoms with E-state index >= 15 is 0 Å². The first-order valence-electron chi connectivity index (χ1n) is 7.76.